The summed E-state index contributed by atoms with van der Waals surface area (Å²) in [5, 5.41) is 0. The normalized spacial score (nSPS) is 27.5. The molecule has 4 unspecified atom stereocenters. The molecule has 6 aromatic carbocycles. The lowest BCUT2D eigenvalue weighted by atomic mass is 9.56. The number of nitrogens with zero attached hydrogens (tertiary/aromatic N) is 3. The lowest BCUT2D eigenvalue weighted by Crippen LogP contribution is -2.40. The van der Waals surface area contributed by atoms with Crippen molar-refractivity contribution in [2.45, 2.75) is 114 Å². The number of hydrogen-bond donors (Lipinski definition) is 0. The predicted octanol–water partition coefficient (Wildman–Crippen LogP) is 15.7. The molecule has 1 aromatic heterocycles. The van der Waals surface area contributed by atoms with Gasteiger partial charge in [-0.1, -0.05) is 162 Å². The number of hydrogen-bond acceptors (Lipinski definition) is 4. The molecule has 4 heteroatoms. The first-order valence-corrected chi connectivity index (χ1v) is 25.4. The Kier molecular flexibility index (Phi) is 9.39. The van der Waals surface area contributed by atoms with E-state index in [1.165, 1.54) is 115 Å². The van der Waals surface area contributed by atoms with E-state index in [0.29, 0.717) is 23.1 Å². The van der Waals surface area contributed by atoms with Crippen molar-refractivity contribution in [2.24, 2.45) is 29.6 Å². The first-order chi connectivity index (χ1) is 32.3. The third-order valence-electron chi connectivity index (χ3n) is 17.9. The van der Waals surface area contributed by atoms with Crippen LogP contribution in [-0.4, -0.2) is 15.0 Å². The van der Waals surface area contributed by atoms with Crippen LogP contribution >= 0.6 is 0 Å². The van der Waals surface area contributed by atoms with E-state index in [-0.39, 0.29) is 5.41 Å². The number of fused-ring (bicyclic) bond motifs is 10. The van der Waals surface area contributed by atoms with Crippen molar-refractivity contribution < 1.29 is 4.74 Å². The van der Waals surface area contributed by atoms with Gasteiger partial charge in [-0.15, -0.1) is 0 Å². The van der Waals surface area contributed by atoms with Crippen molar-refractivity contribution in [1.29, 1.82) is 0 Å². The van der Waals surface area contributed by atoms with Gasteiger partial charge in [0.05, 0.1) is 5.41 Å². The summed E-state index contributed by atoms with van der Waals surface area (Å²) in [5.74, 6) is 8.07. The standard InChI is InChI=1S/C62H61N3O/c1-4-60(34-39(2)20-21-40(3)35-60)48-13-11-12-45(32-48)58-63-57(44-24-27-47(28-25-44)61-36-41-22-23-42(37-61)31-43(30-41)38-61)64-59(65-58)46-26-29-52-50(33-46)49-14-5-6-15-51(49)62(52)53-16-7-9-18-55(53)66-56-19-10-8-17-54(56)62/h5-19,24-29,32-33,39-43H,4,20-23,30-31,34-38H2,1-3H3/t39-,40?,41-,42?,43+,60?,61?/m1/s1. The third-order valence-corrected chi connectivity index (χ3v) is 17.9. The molecule has 0 N–H and O–H groups in total. The highest BCUT2D eigenvalue weighted by atomic mass is 16.5. The number of ether oxygens (including phenoxy) is 1. The largest absolute Gasteiger partial charge is 0.457 e. The molecule has 330 valence electrons. The summed E-state index contributed by atoms with van der Waals surface area (Å²) in [7, 11) is 0. The predicted molar refractivity (Wildman–Crippen MR) is 267 cm³/mol. The van der Waals surface area contributed by atoms with E-state index in [4.69, 9.17) is 19.7 Å². The van der Waals surface area contributed by atoms with Crippen molar-refractivity contribution in [3.63, 3.8) is 0 Å². The van der Waals surface area contributed by atoms with Crippen LogP contribution in [0.25, 0.3) is 45.3 Å². The van der Waals surface area contributed by atoms with Gasteiger partial charge in [0, 0.05) is 27.8 Å². The highest BCUT2D eigenvalue weighted by Gasteiger charge is 2.52. The average molecular weight is 864 g/mol. The van der Waals surface area contributed by atoms with E-state index in [2.05, 4.69) is 160 Å². The van der Waals surface area contributed by atoms with Crippen LogP contribution in [-0.2, 0) is 16.2 Å². The van der Waals surface area contributed by atoms with Gasteiger partial charge in [-0.05, 0) is 149 Å². The first-order valence-electron chi connectivity index (χ1n) is 25.4. The molecule has 1 spiro atoms. The van der Waals surface area contributed by atoms with Gasteiger partial charge in [-0.3, -0.25) is 0 Å². The Morgan fingerprint density at radius 2 is 1.02 bits per heavy atom. The number of benzene rings is 6. The van der Waals surface area contributed by atoms with Gasteiger partial charge >= 0.3 is 0 Å². The van der Waals surface area contributed by atoms with E-state index >= 15 is 0 Å². The minimum atomic E-state index is -0.522. The molecule has 2 heterocycles. The van der Waals surface area contributed by atoms with Crippen molar-refractivity contribution in [3.8, 4) is 56.8 Å². The average Bonchev–Trinajstić information content (AvgIpc) is 3.44. The molecule has 5 saturated carbocycles. The van der Waals surface area contributed by atoms with Crippen LogP contribution < -0.4 is 4.74 Å². The maximum atomic E-state index is 6.62. The fourth-order valence-electron chi connectivity index (χ4n) is 15.2. The fourth-order valence-corrected chi connectivity index (χ4v) is 15.2. The van der Waals surface area contributed by atoms with Crippen LogP contribution in [0.4, 0.5) is 0 Å². The highest BCUT2D eigenvalue weighted by Crippen LogP contribution is 2.63. The van der Waals surface area contributed by atoms with Crippen LogP contribution in [0.15, 0.2) is 140 Å². The Morgan fingerprint density at radius 3 is 1.67 bits per heavy atom. The van der Waals surface area contributed by atoms with Crippen molar-refractivity contribution in [1.82, 2.24) is 15.0 Å². The molecule has 0 amide bonds. The van der Waals surface area contributed by atoms with Crippen molar-refractivity contribution in [3.05, 3.63) is 173 Å². The van der Waals surface area contributed by atoms with Crippen LogP contribution in [0.5, 0.6) is 11.5 Å². The molecule has 4 bridgehead atoms. The van der Waals surface area contributed by atoms with E-state index < -0.39 is 5.41 Å². The molecule has 4 nitrogen and oxygen atoms in total. The molecule has 1 aliphatic heterocycles. The molecular formula is C62H61N3O. The lowest BCUT2D eigenvalue weighted by molar-refractivity contribution is 0.0984. The van der Waals surface area contributed by atoms with Crippen LogP contribution in [0.1, 0.15) is 131 Å². The van der Waals surface area contributed by atoms with Crippen molar-refractivity contribution in [2.75, 3.05) is 0 Å². The quantitative estimate of drug-likeness (QED) is 0.156. The van der Waals surface area contributed by atoms with Gasteiger partial charge in [0.2, 0.25) is 0 Å². The smallest absolute Gasteiger partial charge is 0.164 e. The monoisotopic (exact) mass is 863 g/mol. The van der Waals surface area contributed by atoms with Gasteiger partial charge in [0.1, 0.15) is 11.5 Å². The minimum absolute atomic E-state index is 0.140. The van der Waals surface area contributed by atoms with E-state index in [0.717, 1.165) is 64.0 Å². The number of para-hydroxylation sites is 2. The molecule has 7 aromatic rings. The molecule has 5 fully saturated rings. The third kappa shape index (κ3) is 6.26. The summed E-state index contributed by atoms with van der Waals surface area (Å²) < 4.78 is 6.62. The first kappa shape index (κ1) is 40.4. The fraction of sp³-hybridized carbons (Fsp3) is 0.371. The molecule has 66 heavy (non-hydrogen) atoms. The second-order valence-corrected chi connectivity index (χ2v) is 22.0. The SMILES string of the molecule is CCC1(c2cccc(-c3nc(-c4ccc(C56CC7CC[C@H](C[C@@H](C7)C5)C6)cc4)nc(-c4ccc5c(c4)-c4ccccc4C54c5ccccc5Oc5ccccc54)n3)c2)CC(C)CC[C@@H](C)C1. The zero-order valence-corrected chi connectivity index (χ0v) is 38.9. The van der Waals surface area contributed by atoms with Gasteiger partial charge < -0.3 is 4.74 Å². The van der Waals surface area contributed by atoms with Gasteiger partial charge in [-0.2, -0.15) is 0 Å². The number of aromatic nitrogens is 3. The van der Waals surface area contributed by atoms with E-state index in [1.54, 1.807) is 0 Å². The Balaban J connectivity index is 0.964. The van der Waals surface area contributed by atoms with Crippen LogP contribution in [0.2, 0.25) is 0 Å². The molecule has 7 aliphatic rings. The number of rotatable bonds is 6. The summed E-state index contributed by atoms with van der Waals surface area (Å²) in [5.41, 5.74) is 13.3. The Bertz CT molecular complexity index is 2950. The van der Waals surface area contributed by atoms with Crippen LogP contribution in [0.3, 0.4) is 0 Å². The molecule has 14 rings (SSSR count). The maximum Gasteiger partial charge on any atom is 0.164 e. The van der Waals surface area contributed by atoms with E-state index in [9.17, 15) is 0 Å². The molecule has 6 aliphatic carbocycles. The second-order valence-electron chi connectivity index (χ2n) is 22.0. The lowest BCUT2D eigenvalue weighted by Gasteiger charge is -2.49. The van der Waals surface area contributed by atoms with Gasteiger partial charge in [0.15, 0.2) is 17.5 Å². The summed E-state index contributed by atoms with van der Waals surface area (Å²) in [6.45, 7) is 7.33. The molecule has 7 atom stereocenters. The zero-order chi connectivity index (χ0) is 44.2. The second kappa shape index (κ2) is 15.3. The Morgan fingerprint density at radius 1 is 0.470 bits per heavy atom. The molecular weight excluding hydrogens is 803 g/mol. The minimum Gasteiger partial charge on any atom is -0.457 e. The Labute approximate surface area is 391 Å². The van der Waals surface area contributed by atoms with Gasteiger partial charge in [0.25, 0.3) is 0 Å². The summed E-state index contributed by atoms with van der Waals surface area (Å²) in [6, 6.07) is 51.9. The molecule has 0 radical (unpaired) electrons. The van der Waals surface area contributed by atoms with Crippen LogP contribution in [0, 0.1) is 29.6 Å². The molecule has 0 saturated heterocycles. The highest BCUT2D eigenvalue weighted by molar-refractivity contribution is 5.90. The maximum absolute atomic E-state index is 6.62. The van der Waals surface area contributed by atoms with E-state index in [1.807, 2.05) is 0 Å². The Hall–Kier alpha value is -5.87. The van der Waals surface area contributed by atoms with Gasteiger partial charge in [-0.25, -0.2) is 15.0 Å². The summed E-state index contributed by atoms with van der Waals surface area (Å²) >= 11 is 0. The summed E-state index contributed by atoms with van der Waals surface area (Å²) in [6.07, 6.45) is 16.0. The topological polar surface area (TPSA) is 47.9 Å². The van der Waals surface area contributed by atoms with Crippen molar-refractivity contribution >= 4 is 0 Å². The summed E-state index contributed by atoms with van der Waals surface area (Å²) in [4.78, 5) is 16.3. The zero-order valence-electron chi connectivity index (χ0n) is 38.9.